The lowest BCUT2D eigenvalue weighted by molar-refractivity contribution is 0.403. The highest BCUT2D eigenvalue weighted by molar-refractivity contribution is 7.00. The van der Waals surface area contributed by atoms with Gasteiger partial charge in [-0.15, -0.1) is 0 Å². The molecule has 4 aliphatic rings. The molecule has 2 nitrogen and oxygen atoms in total. The molecule has 0 spiro atoms. The average Bonchev–Trinajstić information content (AvgIpc) is 3.54. The second-order valence-corrected chi connectivity index (χ2v) is 28.7. The molecule has 0 saturated heterocycles. The average molecular weight is 913 g/mol. The highest BCUT2D eigenvalue weighted by Gasteiger charge is 2.50. The lowest BCUT2D eigenvalue weighted by Gasteiger charge is -2.46. The minimum atomic E-state index is -0.120. The summed E-state index contributed by atoms with van der Waals surface area (Å²) in [5.74, 6) is 0. The molecule has 0 atom stereocenters. The van der Waals surface area contributed by atoms with E-state index in [1.54, 1.807) is 0 Å². The van der Waals surface area contributed by atoms with Crippen LogP contribution in [0, 0.1) is 0 Å². The van der Waals surface area contributed by atoms with Crippen LogP contribution in [0.5, 0.6) is 0 Å². The Balaban J connectivity index is 1.35. The summed E-state index contributed by atoms with van der Waals surface area (Å²) in [5.41, 5.74) is 25.9. The van der Waals surface area contributed by atoms with Gasteiger partial charge in [0.15, 0.2) is 0 Å². The number of rotatable bonds is 3. The summed E-state index contributed by atoms with van der Waals surface area (Å²) in [6, 6.07) is 42.3. The molecule has 0 radical (unpaired) electrons. The molecule has 0 bridgehead atoms. The molecule has 3 heteroatoms. The van der Waals surface area contributed by atoms with Gasteiger partial charge in [-0.05, 0) is 171 Å². The third kappa shape index (κ3) is 7.56. The van der Waals surface area contributed by atoms with E-state index in [2.05, 4.69) is 251 Å². The van der Waals surface area contributed by atoms with Crippen LogP contribution in [-0.4, -0.2) is 6.71 Å². The molecule has 0 unspecified atom stereocenters. The normalized spacial score (nSPS) is 18.4. The van der Waals surface area contributed by atoms with Crippen LogP contribution in [0.25, 0.3) is 11.1 Å². The number of nitrogens with zero attached hydrogens (tertiary/aromatic N) is 2. The first-order valence-electron chi connectivity index (χ1n) is 26.2. The Morgan fingerprint density at radius 3 is 1.36 bits per heavy atom. The summed E-state index contributed by atoms with van der Waals surface area (Å²) in [6.45, 7) is 48.1. The second-order valence-electron chi connectivity index (χ2n) is 28.7. The van der Waals surface area contributed by atoms with E-state index in [0.29, 0.717) is 0 Å². The van der Waals surface area contributed by atoms with Gasteiger partial charge >= 0.3 is 0 Å². The smallest absolute Gasteiger partial charge is 0.252 e. The summed E-state index contributed by atoms with van der Waals surface area (Å²) in [6.07, 6.45) is 2.26. The zero-order chi connectivity index (χ0) is 50.1. The van der Waals surface area contributed by atoms with Crippen LogP contribution >= 0.6 is 0 Å². The van der Waals surface area contributed by atoms with Crippen molar-refractivity contribution in [2.75, 3.05) is 9.80 Å². The van der Waals surface area contributed by atoms with Gasteiger partial charge < -0.3 is 9.80 Å². The molecule has 2 heterocycles. The van der Waals surface area contributed by atoms with Gasteiger partial charge in [0.2, 0.25) is 0 Å². The zero-order valence-corrected chi connectivity index (χ0v) is 46.2. The van der Waals surface area contributed by atoms with Crippen molar-refractivity contribution < 1.29 is 0 Å². The third-order valence-corrected chi connectivity index (χ3v) is 17.0. The molecule has 2 aliphatic carbocycles. The zero-order valence-electron chi connectivity index (χ0n) is 46.2. The summed E-state index contributed by atoms with van der Waals surface area (Å²) in [5, 5.41) is 0. The van der Waals surface area contributed by atoms with Gasteiger partial charge in [0.25, 0.3) is 6.71 Å². The Bertz CT molecular complexity index is 3090. The predicted octanol–water partition coefficient (Wildman–Crippen LogP) is 16.5. The molecule has 6 aromatic carbocycles. The first-order valence-corrected chi connectivity index (χ1v) is 26.2. The Labute approximate surface area is 418 Å². The maximum atomic E-state index is 2.72. The molecular weight excluding hydrogens is 832 g/mol. The molecule has 358 valence electrons. The Morgan fingerprint density at radius 1 is 0.362 bits per heavy atom. The fourth-order valence-electron chi connectivity index (χ4n) is 13.6. The van der Waals surface area contributed by atoms with Crippen molar-refractivity contribution in [1.82, 2.24) is 0 Å². The van der Waals surface area contributed by atoms with Crippen molar-refractivity contribution in [1.29, 1.82) is 0 Å². The fourth-order valence-corrected chi connectivity index (χ4v) is 13.6. The topological polar surface area (TPSA) is 6.48 Å². The standard InChI is InChI=1S/C66H81BN2/c1-59(2,3)41-23-21-40(22-24-41)46-31-42(60(4,5)6)25-29-53(46)69-54-30-26-43(61(7,8)9)32-51(54)67-52-36-49-50(66(19,20)39-65(49,17)18)37-55(52)68(56-33-44(62(10,11)12)34-57(69)58(56)67)45-27-28-47-48(35-45)64(15,16)38-63(47,13)14/h21-37H,38-39H2,1-20H3. The number of hydrogen-bond donors (Lipinski definition) is 0. The van der Waals surface area contributed by atoms with E-state index >= 15 is 0 Å². The quantitative estimate of drug-likeness (QED) is 0.163. The highest BCUT2D eigenvalue weighted by Crippen LogP contribution is 2.56. The highest BCUT2D eigenvalue weighted by atomic mass is 15.2. The van der Waals surface area contributed by atoms with Gasteiger partial charge in [-0.25, -0.2) is 0 Å². The van der Waals surface area contributed by atoms with Gasteiger partial charge in [-0.1, -0.05) is 193 Å². The summed E-state index contributed by atoms with van der Waals surface area (Å²) >= 11 is 0. The number of anilines is 6. The van der Waals surface area contributed by atoms with Crippen molar-refractivity contribution in [2.24, 2.45) is 0 Å². The van der Waals surface area contributed by atoms with Crippen molar-refractivity contribution >= 4 is 57.2 Å². The number of hydrogen-bond acceptors (Lipinski definition) is 2. The fraction of sp³-hybridized carbons (Fsp3) is 0.455. The lowest BCUT2D eigenvalue weighted by atomic mass is 9.33. The molecule has 69 heavy (non-hydrogen) atoms. The second kappa shape index (κ2) is 14.8. The molecule has 0 fully saturated rings. The molecule has 0 saturated carbocycles. The largest absolute Gasteiger partial charge is 0.311 e. The molecule has 6 aromatic rings. The van der Waals surface area contributed by atoms with Crippen molar-refractivity contribution in [2.45, 2.75) is 195 Å². The van der Waals surface area contributed by atoms with Gasteiger partial charge in [-0.3, -0.25) is 0 Å². The van der Waals surface area contributed by atoms with Crippen molar-refractivity contribution in [3.05, 3.63) is 148 Å². The van der Waals surface area contributed by atoms with Crippen LogP contribution in [0.15, 0.2) is 103 Å². The van der Waals surface area contributed by atoms with Crippen LogP contribution in [0.3, 0.4) is 0 Å². The van der Waals surface area contributed by atoms with Crippen molar-refractivity contribution in [3.8, 4) is 11.1 Å². The van der Waals surface area contributed by atoms with Crippen LogP contribution in [-0.2, 0) is 43.3 Å². The first-order chi connectivity index (χ1) is 31.7. The maximum absolute atomic E-state index is 2.72. The molecule has 2 aliphatic heterocycles. The number of benzene rings is 6. The minimum Gasteiger partial charge on any atom is -0.311 e. The number of fused-ring (bicyclic) bond motifs is 6. The Morgan fingerprint density at radius 2 is 0.812 bits per heavy atom. The van der Waals surface area contributed by atoms with Crippen LogP contribution in [0.1, 0.15) is 196 Å². The maximum Gasteiger partial charge on any atom is 0.252 e. The van der Waals surface area contributed by atoms with Crippen LogP contribution < -0.4 is 26.2 Å². The lowest BCUT2D eigenvalue weighted by Crippen LogP contribution is -2.62. The van der Waals surface area contributed by atoms with E-state index in [-0.39, 0.29) is 50.0 Å². The van der Waals surface area contributed by atoms with E-state index in [1.165, 1.54) is 106 Å². The molecule has 10 rings (SSSR count). The summed E-state index contributed by atoms with van der Waals surface area (Å²) in [7, 11) is 0. The Kier molecular flexibility index (Phi) is 10.2. The minimum absolute atomic E-state index is 0.0249. The molecule has 0 aromatic heterocycles. The van der Waals surface area contributed by atoms with Crippen molar-refractivity contribution in [3.63, 3.8) is 0 Å². The molecule has 0 N–H and O–H groups in total. The third-order valence-electron chi connectivity index (χ3n) is 17.0. The SMILES string of the molecule is CC(C)(C)c1ccc(-c2cc(C(C)(C)C)ccc2N2c3ccc(C(C)(C)C)cc3B3c4cc5c(cc4N(c4ccc6c(c4)C(C)(C)CC6(C)C)c4cc(C(C)(C)C)cc2c43)C(C)(C)CC5(C)C)cc1. The van der Waals surface area contributed by atoms with E-state index < -0.39 is 0 Å². The van der Waals surface area contributed by atoms with Crippen LogP contribution in [0.2, 0.25) is 0 Å². The molecule has 0 amide bonds. The van der Waals surface area contributed by atoms with Gasteiger partial charge in [0, 0.05) is 34.0 Å². The first kappa shape index (κ1) is 47.7. The summed E-state index contributed by atoms with van der Waals surface area (Å²) < 4.78 is 0. The van der Waals surface area contributed by atoms with E-state index in [1.807, 2.05) is 0 Å². The van der Waals surface area contributed by atoms with Gasteiger partial charge in [0.05, 0.1) is 5.69 Å². The predicted molar refractivity (Wildman–Crippen MR) is 302 cm³/mol. The van der Waals surface area contributed by atoms with E-state index in [0.717, 1.165) is 12.8 Å². The molecular formula is C66H81BN2. The summed E-state index contributed by atoms with van der Waals surface area (Å²) in [4.78, 5) is 5.40. The van der Waals surface area contributed by atoms with Gasteiger partial charge in [0.1, 0.15) is 0 Å². The van der Waals surface area contributed by atoms with E-state index in [9.17, 15) is 0 Å². The Hall–Kier alpha value is -5.02. The van der Waals surface area contributed by atoms with Gasteiger partial charge in [-0.2, -0.15) is 0 Å². The van der Waals surface area contributed by atoms with Crippen LogP contribution in [0.4, 0.5) is 34.1 Å². The monoisotopic (exact) mass is 913 g/mol. The van der Waals surface area contributed by atoms with E-state index in [4.69, 9.17) is 0 Å².